The van der Waals surface area contributed by atoms with Crippen LogP contribution in [0.1, 0.15) is 43.9 Å². The minimum absolute atomic E-state index is 0.352. The number of rotatable bonds is 4. The largest absolute Gasteiger partial charge is 0.299 e. The van der Waals surface area contributed by atoms with E-state index in [1.165, 1.54) is 24.1 Å². The lowest BCUT2D eigenvalue weighted by Gasteiger charge is -2.26. The quantitative estimate of drug-likeness (QED) is 0.770. The average molecular weight is 236 g/mol. The number of carbonyl (C=O) groups is 1. The fourth-order valence-electron chi connectivity index (χ4n) is 2.62. The average Bonchev–Trinajstić information content (AvgIpc) is 2.82. The molecule has 16 heavy (non-hydrogen) atoms. The third-order valence-electron chi connectivity index (χ3n) is 3.81. The molecule has 1 aromatic heterocycles. The molecule has 0 bridgehead atoms. The summed E-state index contributed by atoms with van der Waals surface area (Å²) in [4.78, 5) is 13.3. The zero-order valence-electron chi connectivity index (χ0n) is 9.95. The molecular weight excluding hydrogens is 216 g/mol. The maximum Gasteiger partial charge on any atom is 0.141 e. The normalized spacial score (nSPS) is 25.6. The van der Waals surface area contributed by atoms with Gasteiger partial charge in [-0.15, -0.1) is 11.3 Å². The highest BCUT2D eigenvalue weighted by atomic mass is 32.1. The van der Waals surface area contributed by atoms with Gasteiger partial charge in [0.2, 0.25) is 0 Å². The Balaban J connectivity index is 1.82. The first-order valence-electron chi connectivity index (χ1n) is 6.34. The Kier molecular flexibility index (Phi) is 4.16. The van der Waals surface area contributed by atoms with Gasteiger partial charge in [-0.05, 0) is 43.0 Å². The molecule has 0 radical (unpaired) electrons. The Morgan fingerprint density at radius 3 is 2.69 bits per heavy atom. The second-order valence-corrected chi connectivity index (χ2v) is 5.88. The topological polar surface area (TPSA) is 17.1 Å². The Hall–Kier alpha value is -0.630. The van der Waals surface area contributed by atoms with E-state index in [1.807, 2.05) is 6.07 Å². The first-order chi connectivity index (χ1) is 7.79. The van der Waals surface area contributed by atoms with E-state index in [0.29, 0.717) is 18.1 Å². The number of ketones is 1. The second kappa shape index (κ2) is 5.62. The van der Waals surface area contributed by atoms with Crippen molar-refractivity contribution in [1.82, 2.24) is 0 Å². The van der Waals surface area contributed by atoms with Crippen LogP contribution in [0.25, 0.3) is 0 Å². The van der Waals surface area contributed by atoms with Crippen molar-refractivity contribution in [2.75, 3.05) is 0 Å². The molecule has 0 unspecified atom stereocenters. The molecule has 0 saturated heterocycles. The van der Waals surface area contributed by atoms with Crippen molar-refractivity contribution in [3.8, 4) is 0 Å². The van der Waals surface area contributed by atoms with Crippen molar-refractivity contribution in [1.29, 1.82) is 0 Å². The first-order valence-corrected chi connectivity index (χ1v) is 7.22. The number of Topliss-reactive ketones (excluding diaryl/α,β-unsaturated/α-hetero) is 1. The van der Waals surface area contributed by atoms with Crippen LogP contribution in [0, 0.1) is 11.8 Å². The third-order valence-corrected chi connectivity index (χ3v) is 4.68. The zero-order chi connectivity index (χ0) is 11.4. The SMILES string of the molecule is CCC1CCC(C(=O)Cc2cccs2)CC1. The van der Waals surface area contributed by atoms with Crippen molar-refractivity contribution >= 4 is 17.1 Å². The van der Waals surface area contributed by atoms with Gasteiger partial charge in [-0.2, -0.15) is 0 Å². The van der Waals surface area contributed by atoms with Crippen LogP contribution >= 0.6 is 11.3 Å². The van der Waals surface area contributed by atoms with Crippen LogP contribution in [-0.4, -0.2) is 5.78 Å². The Bertz CT molecular complexity index is 321. The van der Waals surface area contributed by atoms with E-state index >= 15 is 0 Å². The van der Waals surface area contributed by atoms with Crippen LogP contribution in [0.15, 0.2) is 17.5 Å². The van der Waals surface area contributed by atoms with E-state index in [4.69, 9.17) is 0 Å². The fourth-order valence-corrected chi connectivity index (χ4v) is 3.34. The summed E-state index contributed by atoms with van der Waals surface area (Å²) in [6.07, 6.45) is 6.73. The monoisotopic (exact) mass is 236 g/mol. The second-order valence-electron chi connectivity index (χ2n) is 4.85. The van der Waals surface area contributed by atoms with Gasteiger partial charge < -0.3 is 0 Å². The van der Waals surface area contributed by atoms with E-state index in [2.05, 4.69) is 18.4 Å². The minimum atomic E-state index is 0.352. The lowest BCUT2D eigenvalue weighted by molar-refractivity contribution is -0.123. The summed E-state index contributed by atoms with van der Waals surface area (Å²) in [6, 6.07) is 4.10. The predicted molar refractivity (Wildman–Crippen MR) is 68.8 cm³/mol. The van der Waals surface area contributed by atoms with E-state index in [1.54, 1.807) is 11.3 Å². The molecule has 1 aliphatic rings. The smallest absolute Gasteiger partial charge is 0.141 e. The molecule has 1 heterocycles. The van der Waals surface area contributed by atoms with Gasteiger partial charge >= 0.3 is 0 Å². The van der Waals surface area contributed by atoms with Crippen LogP contribution in [0.2, 0.25) is 0 Å². The van der Waals surface area contributed by atoms with Gasteiger partial charge in [-0.25, -0.2) is 0 Å². The summed E-state index contributed by atoms with van der Waals surface area (Å²) < 4.78 is 0. The summed E-state index contributed by atoms with van der Waals surface area (Å²) in [5.41, 5.74) is 0. The lowest BCUT2D eigenvalue weighted by Crippen LogP contribution is -2.22. The Labute approximate surface area is 102 Å². The van der Waals surface area contributed by atoms with Crippen molar-refractivity contribution in [3.05, 3.63) is 22.4 Å². The maximum atomic E-state index is 12.1. The predicted octanol–water partition coefficient (Wildman–Crippen LogP) is 4.08. The molecule has 2 rings (SSSR count). The number of hydrogen-bond acceptors (Lipinski definition) is 2. The zero-order valence-corrected chi connectivity index (χ0v) is 10.8. The first kappa shape index (κ1) is 11.8. The highest BCUT2D eigenvalue weighted by Gasteiger charge is 2.25. The van der Waals surface area contributed by atoms with E-state index in [0.717, 1.165) is 18.8 Å². The molecule has 0 aliphatic heterocycles. The molecule has 1 nitrogen and oxygen atoms in total. The lowest BCUT2D eigenvalue weighted by atomic mass is 9.78. The molecule has 0 atom stereocenters. The van der Waals surface area contributed by atoms with Crippen molar-refractivity contribution in [3.63, 3.8) is 0 Å². The molecule has 88 valence electrons. The van der Waals surface area contributed by atoms with Gasteiger partial charge in [0.1, 0.15) is 5.78 Å². The molecule has 1 aliphatic carbocycles. The maximum absolute atomic E-state index is 12.1. The van der Waals surface area contributed by atoms with E-state index < -0.39 is 0 Å². The van der Waals surface area contributed by atoms with E-state index in [-0.39, 0.29) is 0 Å². The summed E-state index contributed by atoms with van der Waals surface area (Å²) in [7, 11) is 0. The van der Waals surface area contributed by atoms with Crippen molar-refractivity contribution < 1.29 is 4.79 Å². The Morgan fingerprint density at radius 1 is 1.38 bits per heavy atom. The Morgan fingerprint density at radius 2 is 2.12 bits per heavy atom. The highest BCUT2D eigenvalue weighted by molar-refractivity contribution is 7.10. The van der Waals surface area contributed by atoms with Gasteiger partial charge in [0.05, 0.1) is 0 Å². The van der Waals surface area contributed by atoms with Crippen LogP contribution in [0.4, 0.5) is 0 Å². The molecule has 0 N–H and O–H groups in total. The number of thiophene rings is 1. The van der Waals surface area contributed by atoms with Gasteiger partial charge in [-0.1, -0.05) is 19.4 Å². The molecule has 1 saturated carbocycles. The molecule has 0 spiro atoms. The van der Waals surface area contributed by atoms with Gasteiger partial charge in [-0.3, -0.25) is 4.79 Å². The van der Waals surface area contributed by atoms with Gasteiger partial charge in [0, 0.05) is 17.2 Å². The van der Waals surface area contributed by atoms with Crippen molar-refractivity contribution in [2.45, 2.75) is 45.4 Å². The third kappa shape index (κ3) is 2.94. The minimum Gasteiger partial charge on any atom is -0.299 e. The highest BCUT2D eigenvalue weighted by Crippen LogP contribution is 2.31. The molecule has 2 heteroatoms. The van der Waals surface area contributed by atoms with Crippen molar-refractivity contribution in [2.24, 2.45) is 11.8 Å². The molecular formula is C14H20OS. The number of hydrogen-bond donors (Lipinski definition) is 0. The molecule has 1 fully saturated rings. The van der Waals surface area contributed by atoms with Crippen LogP contribution in [-0.2, 0) is 11.2 Å². The summed E-state index contributed by atoms with van der Waals surface area (Å²) >= 11 is 1.70. The van der Waals surface area contributed by atoms with E-state index in [9.17, 15) is 4.79 Å². The number of carbonyl (C=O) groups excluding carboxylic acids is 1. The molecule has 0 aromatic carbocycles. The summed E-state index contributed by atoms with van der Waals surface area (Å²) in [6.45, 7) is 2.26. The van der Waals surface area contributed by atoms with Crippen LogP contribution < -0.4 is 0 Å². The van der Waals surface area contributed by atoms with Gasteiger partial charge in [0.25, 0.3) is 0 Å². The standard InChI is InChI=1S/C14H20OS/c1-2-11-5-7-12(8-6-11)14(15)10-13-4-3-9-16-13/h3-4,9,11-12H,2,5-8,10H2,1H3. The summed E-state index contributed by atoms with van der Waals surface area (Å²) in [5.74, 6) is 1.70. The van der Waals surface area contributed by atoms with Crippen LogP contribution in [0.5, 0.6) is 0 Å². The fraction of sp³-hybridized carbons (Fsp3) is 0.643. The molecule has 1 aromatic rings. The molecule has 0 amide bonds. The van der Waals surface area contributed by atoms with Crippen LogP contribution in [0.3, 0.4) is 0 Å². The van der Waals surface area contributed by atoms with Gasteiger partial charge in [0.15, 0.2) is 0 Å². The summed E-state index contributed by atoms with van der Waals surface area (Å²) in [5, 5.41) is 2.05.